The second-order valence-corrected chi connectivity index (χ2v) is 7.59. The van der Waals surface area contributed by atoms with E-state index in [4.69, 9.17) is 10.00 Å². The Labute approximate surface area is 158 Å². The molecule has 1 aliphatic heterocycles. The lowest BCUT2D eigenvalue weighted by Gasteiger charge is -2.35. The lowest BCUT2D eigenvalue weighted by Crippen LogP contribution is -2.54. The summed E-state index contributed by atoms with van der Waals surface area (Å²) in [6.45, 7) is 0.378. The van der Waals surface area contributed by atoms with Gasteiger partial charge in [-0.1, -0.05) is 38.2 Å². The first-order valence-corrected chi connectivity index (χ1v) is 9.70. The number of rotatable bonds is 6. The number of amides is 1. The Morgan fingerprint density at radius 1 is 1.30 bits per heavy atom. The first-order chi connectivity index (χ1) is 13.1. The Bertz CT molecular complexity index is 752. The second kappa shape index (κ2) is 8.51. The van der Waals surface area contributed by atoms with Crippen LogP contribution in [0.4, 0.5) is 4.39 Å². The standard InChI is InChI=1S/C21H25FN2O3/c22-17-8-4-9-18(16(17)13-23)27-14-21(10-5-11-24-20(21)26)19(25)12-15-6-2-1-3-7-15/h4,8-9,15H,1-3,5-7,10-12,14H2,(H,24,26). The lowest BCUT2D eigenvalue weighted by molar-refractivity contribution is -0.147. The highest BCUT2D eigenvalue weighted by Gasteiger charge is 2.48. The fourth-order valence-corrected chi connectivity index (χ4v) is 4.14. The molecule has 1 N–H and O–H groups in total. The van der Waals surface area contributed by atoms with Crippen LogP contribution in [0.5, 0.6) is 5.75 Å². The van der Waals surface area contributed by atoms with Crippen LogP contribution in [0.25, 0.3) is 0 Å². The molecule has 1 aromatic rings. The van der Waals surface area contributed by atoms with Gasteiger partial charge in [-0.3, -0.25) is 9.59 Å². The molecule has 1 amide bonds. The molecule has 1 saturated carbocycles. The highest BCUT2D eigenvalue weighted by molar-refractivity contribution is 6.06. The number of benzene rings is 1. The number of nitrogens with one attached hydrogen (secondary N) is 1. The molecule has 1 heterocycles. The van der Waals surface area contributed by atoms with Gasteiger partial charge >= 0.3 is 0 Å². The molecule has 0 bridgehead atoms. The van der Waals surface area contributed by atoms with Crippen LogP contribution in [0.3, 0.4) is 0 Å². The van der Waals surface area contributed by atoms with E-state index in [0.717, 1.165) is 25.7 Å². The minimum absolute atomic E-state index is 0.0701. The Morgan fingerprint density at radius 2 is 2.07 bits per heavy atom. The Morgan fingerprint density at radius 3 is 2.78 bits per heavy atom. The minimum atomic E-state index is -1.26. The largest absolute Gasteiger partial charge is 0.490 e. The maximum Gasteiger partial charge on any atom is 0.237 e. The quantitative estimate of drug-likeness (QED) is 0.775. The maximum absolute atomic E-state index is 13.8. The van der Waals surface area contributed by atoms with E-state index in [1.165, 1.54) is 24.6 Å². The van der Waals surface area contributed by atoms with Gasteiger partial charge in [-0.2, -0.15) is 5.26 Å². The summed E-state index contributed by atoms with van der Waals surface area (Å²) in [5, 5.41) is 12.0. The average Bonchev–Trinajstić information content (AvgIpc) is 2.68. The third kappa shape index (κ3) is 4.13. The summed E-state index contributed by atoms with van der Waals surface area (Å²) < 4.78 is 19.5. The summed E-state index contributed by atoms with van der Waals surface area (Å²) >= 11 is 0. The molecule has 1 aromatic carbocycles. The fraction of sp³-hybridized carbons (Fsp3) is 0.571. The number of hydrogen-bond acceptors (Lipinski definition) is 4. The van der Waals surface area contributed by atoms with E-state index in [-0.39, 0.29) is 29.6 Å². The molecule has 0 spiro atoms. The number of nitriles is 1. The number of piperidine rings is 1. The first kappa shape index (κ1) is 19.3. The predicted octanol–water partition coefficient (Wildman–Crippen LogP) is 3.51. The summed E-state index contributed by atoms with van der Waals surface area (Å²) in [6, 6.07) is 5.90. The monoisotopic (exact) mass is 372 g/mol. The molecular weight excluding hydrogens is 347 g/mol. The lowest BCUT2D eigenvalue weighted by atomic mass is 9.72. The Hall–Kier alpha value is -2.42. The van der Waals surface area contributed by atoms with Gasteiger partial charge in [0.2, 0.25) is 5.91 Å². The van der Waals surface area contributed by atoms with Crippen LogP contribution in [0.1, 0.15) is 56.9 Å². The number of ether oxygens (including phenoxy) is 1. The number of nitrogens with zero attached hydrogens (tertiary/aromatic N) is 1. The number of ketones is 1. The molecule has 1 saturated heterocycles. The van der Waals surface area contributed by atoms with Gasteiger partial charge in [-0.05, 0) is 30.9 Å². The van der Waals surface area contributed by atoms with Gasteiger partial charge in [0, 0.05) is 13.0 Å². The zero-order chi connectivity index (χ0) is 19.3. The third-order valence-electron chi connectivity index (χ3n) is 5.79. The smallest absolute Gasteiger partial charge is 0.237 e. The van der Waals surface area contributed by atoms with E-state index in [2.05, 4.69) is 5.32 Å². The Kier molecular flexibility index (Phi) is 6.10. The molecule has 1 atom stereocenters. The van der Waals surface area contributed by atoms with Gasteiger partial charge < -0.3 is 10.1 Å². The number of hydrogen-bond donors (Lipinski definition) is 1. The molecule has 0 aromatic heterocycles. The summed E-state index contributed by atoms with van der Waals surface area (Å²) in [5.74, 6) is -0.695. The summed E-state index contributed by atoms with van der Waals surface area (Å²) in [7, 11) is 0. The second-order valence-electron chi connectivity index (χ2n) is 7.59. The SMILES string of the molecule is N#Cc1c(F)cccc1OCC1(C(=O)CC2CCCCC2)CCCNC1=O. The molecule has 2 aliphatic rings. The number of Topliss-reactive ketones (excluding diaryl/α,β-unsaturated/α-hetero) is 1. The van der Waals surface area contributed by atoms with Crippen LogP contribution < -0.4 is 10.1 Å². The van der Waals surface area contributed by atoms with Crippen molar-refractivity contribution >= 4 is 11.7 Å². The van der Waals surface area contributed by atoms with Gasteiger partial charge in [0.25, 0.3) is 0 Å². The van der Waals surface area contributed by atoms with Gasteiger partial charge in [0.15, 0.2) is 5.78 Å². The van der Waals surface area contributed by atoms with E-state index >= 15 is 0 Å². The minimum Gasteiger partial charge on any atom is -0.490 e. The highest BCUT2D eigenvalue weighted by Crippen LogP contribution is 2.36. The van der Waals surface area contributed by atoms with Crippen LogP contribution >= 0.6 is 0 Å². The van der Waals surface area contributed by atoms with E-state index in [0.29, 0.717) is 31.7 Å². The number of carbonyl (C=O) groups is 2. The number of carbonyl (C=O) groups excluding carboxylic acids is 2. The molecule has 6 heteroatoms. The van der Waals surface area contributed by atoms with Gasteiger partial charge in [-0.25, -0.2) is 4.39 Å². The molecule has 2 fully saturated rings. The van der Waals surface area contributed by atoms with Crippen molar-refractivity contribution in [2.45, 2.75) is 51.4 Å². The zero-order valence-electron chi connectivity index (χ0n) is 15.4. The molecule has 5 nitrogen and oxygen atoms in total. The normalized spacial score (nSPS) is 23.3. The van der Waals surface area contributed by atoms with Gasteiger partial charge in [0.1, 0.15) is 35.2 Å². The van der Waals surface area contributed by atoms with E-state index in [1.54, 1.807) is 6.07 Å². The summed E-state index contributed by atoms with van der Waals surface area (Å²) in [5.41, 5.74) is -1.46. The molecule has 0 radical (unpaired) electrons. The average molecular weight is 372 g/mol. The molecule has 144 valence electrons. The molecule has 1 unspecified atom stereocenters. The molecular formula is C21H25FN2O3. The summed E-state index contributed by atoms with van der Waals surface area (Å²) in [4.78, 5) is 25.9. The fourth-order valence-electron chi connectivity index (χ4n) is 4.14. The van der Waals surface area contributed by atoms with Crippen molar-refractivity contribution in [1.29, 1.82) is 5.26 Å². The van der Waals surface area contributed by atoms with E-state index in [9.17, 15) is 14.0 Å². The van der Waals surface area contributed by atoms with Gasteiger partial charge in [-0.15, -0.1) is 0 Å². The third-order valence-corrected chi connectivity index (χ3v) is 5.79. The van der Waals surface area contributed by atoms with Crippen molar-refractivity contribution in [2.75, 3.05) is 13.2 Å². The van der Waals surface area contributed by atoms with Crippen molar-refractivity contribution in [3.8, 4) is 11.8 Å². The van der Waals surface area contributed by atoms with E-state index < -0.39 is 11.2 Å². The van der Waals surface area contributed by atoms with Crippen molar-refractivity contribution in [3.63, 3.8) is 0 Å². The topological polar surface area (TPSA) is 79.2 Å². The van der Waals surface area contributed by atoms with Crippen molar-refractivity contribution in [2.24, 2.45) is 11.3 Å². The van der Waals surface area contributed by atoms with Crippen molar-refractivity contribution < 1.29 is 18.7 Å². The first-order valence-electron chi connectivity index (χ1n) is 9.70. The van der Waals surface area contributed by atoms with Crippen LogP contribution in [-0.4, -0.2) is 24.8 Å². The van der Waals surface area contributed by atoms with Crippen molar-refractivity contribution in [1.82, 2.24) is 5.32 Å². The molecule has 1 aliphatic carbocycles. The van der Waals surface area contributed by atoms with Crippen LogP contribution in [0.15, 0.2) is 18.2 Å². The molecule has 3 rings (SSSR count). The van der Waals surface area contributed by atoms with Crippen LogP contribution in [0, 0.1) is 28.5 Å². The van der Waals surface area contributed by atoms with E-state index in [1.807, 2.05) is 0 Å². The van der Waals surface area contributed by atoms with Crippen LogP contribution in [-0.2, 0) is 9.59 Å². The number of halogens is 1. The Balaban J connectivity index is 1.79. The predicted molar refractivity (Wildman–Crippen MR) is 97.5 cm³/mol. The van der Waals surface area contributed by atoms with Gasteiger partial charge in [0.05, 0.1) is 0 Å². The molecule has 27 heavy (non-hydrogen) atoms. The highest BCUT2D eigenvalue weighted by atomic mass is 19.1. The summed E-state index contributed by atoms with van der Waals surface area (Å²) in [6.07, 6.45) is 6.99. The maximum atomic E-state index is 13.8. The zero-order valence-corrected chi connectivity index (χ0v) is 15.4. The van der Waals surface area contributed by atoms with Crippen molar-refractivity contribution in [3.05, 3.63) is 29.6 Å². The van der Waals surface area contributed by atoms with Crippen LogP contribution in [0.2, 0.25) is 0 Å².